The Balaban J connectivity index is 0.000000298. The molecule has 3 aliphatic heterocycles. The maximum atomic E-state index is 11.8. The molecule has 3 fully saturated rings. The lowest BCUT2D eigenvalue weighted by Gasteiger charge is -2.36. The fraction of sp³-hybridized carbons (Fsp3) is 0.684. The number of alkyl halides is 3. The van der Waals surface area contributed by atoms with Crippen LogP contribution in [0.1, 0.15) is 25.0 Å². The van der Waals surface area contributed by atoms with E-state index in [4.69, 9.17) is 19.1 Å². The molecule has 1 aromatic rings. The molecule has 1 aromatic heterocycles. The first-order valence-corrected chi connectivity index (χ1v) is 9.68. The molecule has 3 atom stereocenters. The van der Waals surface area contributed by atoms with Gasteiger partial charge in [0.1, 0.15) is 5.76 Å². The Labute approximate surface area is 166 Å². The minimum absolute atomic E-state index is 0.214. The van der Waals surface area contributed by atoms with Crippen molar-refractivity contribution >= 4 is 11.9 Å². The molecule has 0 radical (unpaired) electrons. The quantitative estimate of drug-likeness (QED) is 0.809. The van der Waals surface area contributed by atoms with Crippen molar-refractivity contribution in [3.8, 4) is 0 Å². The Morgan fingerprint density at radius 1 is 1.31 bits per heavy atom. The van der Waals surface area contributed by atoms with Crippen LogP contribution in [0.4, 0.5) is 13.2 Å². The number of fused-ring (bicyclic) bond motifs is 1. The fourth-order valence-corrected chi connectivity index (χ4v) is 4.17. The van der Waals surface area contributed by atoms with Gasteiger partial charge in [-0.1, -0.05) is 0 Å². The van der Waals surface area contributed by atoms with E-state index in [2.05, 4.69) is 4.90 Å². The Morgan fingerprint density at radius 3 is 2.66 bits per heavy atom. The minimum atomic E-state index is -5.08. The largest absolute Gasteiger partial charge is 0.490 e. The van der Waals surface area contributed by atoms with E-state index >= 15 is 0 Å². The third-order valence-corrected chi connectivity index (χ3v) is 5.67. The van der Waals surface area contributed by atoms with Gasteiger partial charge in [0.15, 0.2) is 0 Å². The van der Waals surface area contributed by atoms with Gasteiger partial charge in [0.25, 0.3) is 0 Å². The number of carbonyl (C=O) groups excluding carboxylic acids is 1. The predicted octanol–water partition coefficient (Wildman–Crippen LogP) is 2.37. The molecular weight excluding hydrogens is 393 g/mol. The number of rotatable bonds is 4. The molecule has 0 saturated carbocycles. The van der Waals surface area contributed by atoms with Gasteiger partial charge in [-0.05, 0) is 37.4 Å². The summed E-state index contributed by atoms with van der Waals surface area (Å²) in [7, 11) is 0. The number of ether oxygens (including phenoxy) is 1. The number of hydrogen-bond acceptors (Lipinski definition) is 5. The van der Waals surface area contributed by atoms with Crippen LogP contribution in [0, 0.1) is 11.8 Å². The standard InChI is InChI=1S/C17H24N2O3.C2HF3O2/c20-17-4-1-6-19(17)11-16-15-10-18(7-5-13(15)12-22-16)9-14-3-2-8-21-14;3-2(4,5)1(6)7/h2-3,8,13,15-16H,1,4-7,9-12H2;(H,6,7)/t13-,15-,16+;/m0./s1. The highest BCUT2D eigenvalue weighted by molar-refractivity contribution is 5.78. The van der Waals surface area contributed by atoms with Crippen LogP contribution in [-0.4, -0.2) is 71.8 Å². The SMILES string of the molecule is O=C(O)C(F)(F)F.O=C1CCCN1C[C@H]1OC[C@@H]2CCN(Cc3ccco3)C[C@@H]21. The highest BCUT2D eigenvalue weighted by atomic mass is 19.4. The topological polar surface area (TPSA) is 83.2 Å². The Morgan fingerprint density at radius 2 is 2.07 bits per heavy atom. The molecule has 1 amide bonds. The monoisotopic (exact) mass is 418 g/mol. The van der Waals surface area contributed by atoms with Crippen LogP contribution >= 0.6 is 0 Å². The molecule has 10 heteroatoms. The first-order valence-electron chi connectivity index (χ1n) is 9.68. The van der Waals surface area contributed by atoms with Crippen LogP contribution in [0.25, 0.3) is 0 Å². The second-order valence-electron chi connectivity index (χ2n) is 7.65. The summed E-state index contributed by atoms with van der Waals surface area (Å²) in [4.78, 5) is 25.2. The fourth-order valence-electron chi connectivity index (χ4n) is 4.17. The van der Waals surface area contributed by atoms with Crippen molar-refractivity contribution in [2.75, 3.05) is 32.8 Å². The highest BCUT2D eigenvalue weighted by Gasteiger charge is 2.42. The van der Waals surface area contributed by atoms with Crippen molar-refractivity contribution in [1.82, 2.24) is 9.80 Å². The zero-order chi connectivity index (χ0) is 21.0. The third kappa shape index (κ3) is 5.72. The van der Waals surface area contributed by atoms with Gasteiger partial charge in [0.2, 0.25) is 5.91 Å². The number of likely N-dealkylation sites (tertiary alicyclic amines) is 2. The van der Waals surface area contributed by atoms with E-state index in [0.29, 0.717) is 24.2 Å². The van der Waals surface area contributed by atoms with Crippen LogP contribution in [0.5, 0.6) is 0 Å². The average Bonchev–Trinajstić information content (AvgIpc) is 3.39. The summed E-state index contributed by atoms with van der Waals surface area (Å²) in [5.41, 5.74) is 0. The van der Waals surface area contributed by atoms with Gasteiger partial charge in [0.05, 0.1) is 25.5 Å². The Kier molecular flexibility index (Phi) is 6.84. The van der Waals surface area contributed by atoms with Crippen molar-refractivity contribution in [2.45, 2.75) is 38.1 Å². The van der Waals surface area contributed by atoms with Crippen LogP contribution in [0.2, 0.25) is 0 Å². The summed E-state index contributed by atoms with van der Waals surface area (Å²) >= 11 is 0. The number of carbonyl (C=O) groups is 2. The number of aliphatic carboxylic acids is 1. The van der Waals surface area contributed by atoms with Gasteiger partial charge in [-0.2, -0.15) is 13.2 Å². The molecule has 3 saturated heterocycles. The number of carboxylic acid groups (broad SMARTS) is 1. The smallest absolute Gasteiger partial charge is 0.475 e. The first-order chi connectivity index (χ1) is 13.7. The molecule has 4 heterocycles. The van der Waals surface area contributed by atoms with E-state index in [1.54, 1.807) is 6.26 Å². The molecule has 162 valence electrons. The summed E-state index contributed by atoms with van der Waals surface area (Å²) in [5.74, 6) is -0.209. The third-order valence-electron chi connectivity index (χ3n) is 5.67. The average molecular weight is 418 g/mol. The van der Waals surface area contributed by atoms with E-state index < -0.39 is 12.1 Å². The van der Waals surface area contributed by atoms with Crippen molar-refractivity contribution in [1.29, 1.82) is 0 Å². The number of carboxylic acids is 1. The van der Waals surface area contributed by atoms with Crippen molar-refractivity contribution in [3.05, 3.63) is 24.2 Å². The molecule has 0 bridgehead atoms. The number of furan rings is 1. The van der Waals surface area contributed by atoms with Crippen molar-refractivity contribution in [2.24, 2.45) is 11.8 Å². The summed E-state index contributed by atoms with van der Waals surface area (Å²) in [6, 6.07) is 3.99. The lowest BCUT2D eigenvalue weighted by molar-refractivity contribution is -0.192. The normalized spacial score (nSPS) is 27.5. The molecule has 1 N–H and O–H groups in total. The number of hydrogen-bond donors (Lipinski definition) is 1. The first kappa shape index (κ1) is 21.6. The predicted molar refractivity (Wildman–Crippen MR) is 94.8 cm³/mol. The summed E-state index contributed by atoms with van der Waals surface area (Å²) < 4.78 is 43.3. The van der Waals surface area contributed by atoms with E-state index in [9.17, 15) is 18.0 Å². The summed E-state index contributed by atoms with van der Waals surface area (Å²) in [5, 5.41) is 7.12. The zero-order valence-electron chi connectivity index (χ0n) is 15.9. The Bertz CT molecular complexity index is 695. The van der Waals surface area contributed by atoms with E-state index in [1.807, 2.05) is 17.0 Å². The van der Waals surface area contributed by atoms with Crippen LogP contribution in [-0.2, 0) is 20.9 Å². The number of halogens is 3. The van der Waals surface area contributed by atoms with E-state index in [0.717, 1.165) is 51.5 Å². The van der Waals surface area contributed by atoms with Gasteiger partial charge in [0, 0.05) is 32.0 Å². The zero-order valence-corrected chi connectivity index (χ0v) is 15.9. The molecule has 3 aliphatic rings. The lowest BCUT2D eigenvalue weighted by atomic mass is 9.84. The molecule has 0 aromatic carbocycles. The molecule has 7 nitrogen and oxygen atoms in total. The van der Waals surface area contributed by atoms with Crippen LogP contribution < -0.4 is 0 Å². The number of amides is 1. The molecule has 4 rings (SSSR count). The molecule has 29 heavy (non-hydrogen) atoms. The van der Waals surface area contributed by atoms with Crippen molar-refractivity contribution in [3.63, 3.8) is 0 Å². The molecule has 0 unspecified atom stereocenters. The second kappa shape index (κ2) is 9.17. The van der Waals surface area contributed by atoms with Crippen LogP contribution in [0.15, 0.2) is 22.8 Å². The summed E-state index contributed by atoms with van der Waals surface area (Å²) in [6.07, 6.45) is -0.222. The van der Waals surface area contributed by atoms with Gasteiger partial charge in [-0.3, -0.25) is 9.69 Å². The maximum Gasteiger partial charge on any atom is 0.490 e. The Hall–Kier alpha value is -2.07. The number of piperidine rings is 1. The van der Waals surface area contributed by atoms with E-state index in [1.165, 1.54) is 6.42 Å². The lowest BCUT2D eigenvalue weighted by Crippen LogP contribution is -2.45. The molecule has 0 spiro atoms. The summed E-state index contributed by atoms with van der Waals surface area (Å²) in [6.45, 7) is 5.61. The van der Waals surface area contributed by atoms with Gasteiger partial charge in [-0.15, -0.1) is 0 Å². The second-order valence-corrected chi connectivity index (χ2v) is 7.65. The number of nitrogens with zero attached hydrogens (tertiary/aromatic N) is 2. The van der Waals surface area contributed by atoms with E-state index in [-0.39, 0.29) is 6.10 Å². The minimum Gasteiger partial charge on any atom is -0.475 e. The molecule has 0 aliphatic carbocycles. The van der Waals surface area contributed by atoms with Gasteiger partial charge in [-0.25, -0.2) is 4.79 Å². The van der Waals surface area contributed by atoms with Gasteiger partial charge >= 0.3 is 12.1 Å². The van der Waals surface area contributed by atoms with Crippen molar-refractivity contribution < 1.29 is 37.0 Å². The maximum absolute atomic E-state index is 11.8. The van der Waals surface area contributed by atoms with Crippen LogP contribution in [0.3, 0.4) is 0 Å². The molecular formula is C19H25F3N2O5. The van der Waals surface area contributed by atoms with Gasteiger partial charge < -0.3 is 19.2 Å². The highest BCUT2D eigenvalue weighted by Crippen LogP contribution is 2.35.